The highest BCUT2D eigenvalue weighted by atomic mass is 35.5. The van der Waals surface area contributed by atoms with Crippen molar-refractivity contribution in [3.63, 3.8) is 0 Å². The van der Waals surface area contributed by atoms with Gasteiger partial charge in [0.15, 0.2) is 0 Å². The first-order valence-electron chi connectivity index (χ1n) is 6.25. The van der Waals surface area contributed by atoms with E-state index in [1.807, 2.05) is 0 Å². The molecule has 0 spiro atoms. The van der Waals surface area contributed by atoms with E-state index < -0.39 is 22.3 Å². The highest BCUT2D eigenvalue weighted by molar-refractivity contribution is 6.42. The van der Waals surface area contributed by atoms with Gasteiger partial charge in [0.1, 0.15) is 0 Å². The fourth-order valence-corrected chi connectivity index (χ4v) is 2.01. The molecule has 0 fully saturated rings. The van der Waals surface area contributed by atoms with Crippen LogP contribution in [-0.2, 0) is 4.79 Å². The molecule has 0 bridgehead atoms. The van der Waals surface area contributed by atoms with Crippen LogP contribution in [0.3, 0.4) is 0 Å². The molecule has 0 aromatic heterocycles. The predicted octanol–water partition coefficient (Wildman–Crippen LogP) is 4.69. The van der Waals surface area contributed by atoms with Gasteiger partial charge in [0, 0.05) is 17.8 Å². The Morgan fingerprint density at radius 2 is 1.91 bits per heavy atom. The zero-order valence-corrected chi connectivity index (χ0v) is 12.9. The van der Waals surface area contributed by atoms with E-state index in [-0.39, 0.29) is 5.69 Å². The number of nitrogens with zero attached hydrogens (tertiary/aromatic N) is 1. The van der Waals surface area contributed by atoms with Crippen LogP contribution < -0.4 is 5.32 Å². The highest BCUT2D eigenvalue weighted by Crippen LogP contribution is 2.23. The lowest BCUT2D eigenvalue weighted by atomic mass is 10.2. The van der Waals surface area contributed by atoms with Crippen LogP contribution in [0.2, 0.25) is 10.0 Å². The van der Waals surface area contributed by atoms with Crippen LogP contribution in [0.4, 0.5) is 15.8 Å². The molecule has 1 N–H and O–H groups in total. The number of hydrogen-bond donors (Lipinski definition) is 1. The van der Waals surface area contributed by atoms with Crippen LogP contribution in [0.15, 0.2) is 42.5 Å². The molecule has 0 atom stereocenters. The lowest BCUT2D eigenvalue weighted by molar-refractivity contribution is -0.387. The Kier molecular flexibility index (Phi) is 5.31. The maximum absolute atomic E-state index is 13.2. The normalized spacial score (nSPS) is 10.7. The number of nitro groups is 1. The zero-order chi connectivity index (χ0) is 17.0. The van der Waals surface area contributed by atoms with Gasteiger partial charge < -0.3 is 5.32 Å². The maximum atomic E-state index is 13.2. The summed E-state index contributed by atoms with van der Waals surface area (Å²) in [6.45, 7) is 0. The molecule has 0 aliphatic heterocycles. The van der Waals surface area contributed by atoms with Crippen LogP contribution in [0.1, 0.15) is 5.56 Å². The number of carbonyl (C=O) groups excluding carboxylic acids is 1. The summed E-state index contributed by atoms with van der Waals surface area (Å²) >= 11 is 11.6. The minimum Gasteiger partial charge on any atom is -0.322 e. The van der Waals surface area contributed by atoms with E-state index in [9.17, 15) is 19.3 Å². The number of hydrogen-bond acceptors (Lipinski definition) is 3. The molecule has 23 heavy (non-hydrogen) atoms. The molecular weight excluding hydrogens is 346 g/mol. The van der Waals surface area contributed by atoms with E-state index in [0.29, 0.717) is 15.6 Å². The Balaban J connectivity index is 2.10. The van der Waals surface area contributed by atoms with Gasteiger partial charge in [0.2, 0.25) is 11.7 Å². The number of nitro benzene ring substituents is 1. The van der Waals surface area contributed by atoms with Crippen LogP contribution in [0, 0.1) is 15.9 Å². The summed E-state index contributed by atoms with van der Waals surface area (Å²) in [5.74, 6) is -1.50. The van der Waals surface area contributed by atoms with Gasteiger partial charge in [-0.2, -0.15) is 4.39 Å². The lowest BCUT2D eigenvalue weighted by Crippen LogP contribution is -2.08. The third-order valence-corrected chi connectivity index (χ3v) is 3.52. The first kappa shape index (κ1) is 16.9. The van der Waals surface area contributed by atoms with Crippen LogP contribution in [0.5, 0.6) is 0 Å². The van der Waals surface area contributed by atoms with Gasteiger partial charge in [0.25, 0.3) is 0 Å². The van der Waals surface area contributed by atoms with Crippen molar-refractivity contribution in [3.05, 3.63) is 74.0 Å². The second-order valence-corrected chi connectivity index (χ2v) is 5.23. The smallest absolute Gasteiger partial charge is 0.306 e. The third kappa shape index (κ3) is 4.51. The molecule has 0 radical (unpaired) electrons. The number of nitrogens with one attached hydrogen (secondary N) is 1. The van der Waals surface area contributed by atoms with E-state index in [4.69, 9.17) is 23.2 Å². The summed E-state index contributed by atoms with van der Waals surface area (Å²) in [6, 6.07) is 7.92. The summed E-state index contributed by atoms with van der Waals surface area (Å²) in [7, 11) is 0. The number of amides is 1. The first-order valence-corrected chi connectivity index (χ1v) is 7.00. The number of carbonyl (C=O) groups is 1. The maximum Gasteiger partial charge on any atom is 0.306 e. The number of halogens is 3. The van der Waals surface area contributed by atoms with Gasteiger partial charge >= 0.3 is 5.69 Å². The van der Waals surface area contributed by atoms with Crippen molar-refractivity contribution in [2.24, 2.45) is 0 Å². The Labute approximate surface area is 140 Å². The zero-order valence-electron chi connectivity index (χ0n) is 11.4. The quantitative estimate of drug-likeness (QED) is 0.491. The molecule has 118 valence electrons. The van der Waals surface area contributed by atoms with E-state index >= 15 is 0 Å². The first-order chi connectivity index (χ1) is 10.9. The number of rotatable bonds is 4. The van der Waals surface area contributed by atoms with Crippen LogP contribution in [-0.4, -0.2) is 10.8 Å². The second-order valence-electron chi connectivity index (χ2n) is 4.42. The number of benzene rings is 2. The van der Waals surface area contributed by atoms with Gasteiger partial charge in [-0.15, -0.1) is 0 Å². The fraction of sp³-hybridized carbons (Fsp3) is 0. The average molecular weight is 355 g/mol. The van der Waals surface area contributed by atoms with Gasteiger partial charge in [-0.1, -0.05) is 29.3 Å². The largest absolute Gasteiger partial charge is 0.322 e. The summed E-state index contributed by atoms with van der Waals surface area (Å²) in [6.07, 6.45) is 2.71. The minimum atomic E-state index is -0.973. The standard InChI is InChI=1S/C15H9Cl2FN2O3/c16-11-4-1-9(7-12(11)17)2-6-15(21)19-10-3-5-13(18)14(8-10)20(22)23/h1-8H,(H,19,21)/b6-2+. The van der Waals surface area contributed by atoms with Gasteiger partial charge in [-0.05, 0) is 35.9 Å². The molecule has 0 saturated carbocycles. The van der Waals surface area contributed by atoms with Crippen molar-refractivity contribution in [1.29, 1.82) is 0 Å². The molecule has 0 heterocycles. The molecule has 0 aliphatic rings. The van der Waals surface area contributed by atoms with Gasteiger partial charge in [0.05, 0.1) is 15.0 Å². The van der Waals surface area contributed by atoms with Crippen molar-refractivity contribution in [3.8, 4) is 0 Å². The van der Waals surface area contributed by atoms with Crippen molar-refractivity contribution in [2.45, 2.75) is 0 Å². The van der Waals surface area contributed by atoms with Gasteiger partial charge in [-0.3, -0.25) is 14.9 Å². The Hall–Kier alpha value is -2.44. The van der Waals surface area contributed by atoms with Crippen molar-refractivity contribution in [1.82, 2.24) is 0 Å². The molecule has 2 rings (SSSR count). The molecule has 0 unspecified atom stereocenters. The minimum absolute atomic E-state index is 0.113. The lowest BCUT2D eigenvalue weighted by Gasteiger charge is -2.02. The Morgan fingerprint density at radius 1 is 1.17 bits per heavy atom. The Bertz CT molecular complexity index is 809. The summed E-state index contributed by atoms with van der Waals surface area (Å²) in [5, 5.41) is 13.8. The van der Waals surface area contributed by atoms with Crippen molar-refractivity contribution >= 4 is 46.6 Å². The van der Waals surface area contributed by atoms with E-state index in [2.05, 4.69) is 5.32 Å². The monoisotopic (exact) mass is 354 g/mol. The number of anilines is 1. The third-order valence-electron chi connectivity index (χ3n) is 2.78. The van der Waals surface area contributed by atoms with Crippen LogP contribution in [0.25, 0.3) is 6.08 Å². The topological polar surface area (TPSA) is 72.2 Å². The molecule has 0 saturated heterocycles. The molecule has 5 nitrogen and oxygen atoms in total. The van der Waals surface area contributed by atoms with Gasteiger partial charge in [-0.25, -0.2) is 0 Å². The summed E-state index contributed by atoms with van der Waals surface area (Å²) < 4.78 is 13.2. The average Bonchev–Trinajstić information content (AvgIpc) is 2.50. The second kappa shape index (κ2) is 7.21. The Morgan fingerprint density at radius 3 is 2.57 bits per heavy atom. The fourth-order valence-electron chi connectivity index (χ4n) is 1.70. The van der Waals surface area contributed by atoms with Crippen molar-refractivity contribution in [2.75, 3.05) is 5.32 Å². The summed E-state index contributed by atoms with van der Waals surface area (Å²) in [4.78, 5) is 21.6. The summed E-state index contributed by atoms with van der Waals surface area (Å²) in [5.41, 5.74) is 0.0535. The van der Waals surface area contributed by atoms with E-state index in [0.717, 1.165) is 12.1 Å². The molecule has 8 heteroatoms. The van der Waals surface area contributed by atoms with E-state index in [1.54, 1.807) is 18.2 Å². The molecule has 1 amide bonds. The molecule has 2 aromatic rings. The molecule has 2 aromatic carbocycles. The molecular formula is C15H9Cl2FN2O3. The molecule has 0 aliphatic carbocycles. The highest BCUT2D eigenvalue weighted by Gasteiger charge is 2.14. The van der Waals surface area contributed by atoms with E-state index in [1.165, 1.54) is 18.2 Å². The predicted molar refractivity (Wildman–Crippen MR) is 87.2 cm³/mol. The van der Waals surface area contributed by atoms with Crippen molar-refractivity contribution < 1.29 is 14.1 Å². The van der Waals surface area contributed by atoms with Crippen LogP contribution >= 0.6 is 23.2 Å². The SMILES string of the molecule is O=C(/C=C/c1ccc(Cl)c(Cl)c1)Nc1ccc(F)c([N+](=O)[O-])c1.